The Morgan fingerprint density at radius 1 is 0.800 bits per heavy atom. The molecule has 3 rings (SSSR count). The molecule has 0 radical (unpaired) electrons. The van der Waals surface area contributed by atoms with E-state index in [0.717, 1.165) is 0 Å². The van der Waals surface area contributed by atoms with Crippen molar-refractivity contribution in [1.29, 1.82) is 0 Å². The van der Waals surface area contributed by atoms with E-state index in [1.165, 1.54) is 7.11 Å². The molecule has 30 heavy (non-hydrogen) atoms. The predicted molar refractivity (Wildman–Crippen MR) is 113 cm³/mol. The molecule has 7 heteroatoms. The van der Waals surface area contributed by atoms with Gasteiger partial charge < -0.3 is 20.1 Å². The minimum absolute atomic E-state index is 0.128. The number of esters is 1. The molecule has 0 unspecified atom stereocenters. The Balaban J connectivity index is 1.58. The van der Waals surface area contributed by atoms with Gasteiger partial charge in [-0.3, -0.25) is 9.59 Å². The maximum absolute atomic E-state index is 12.5. The largest absolute Gasteiger partial charge is 0.484 e. The van der Waals surface area contributed by atoms with Crippen molar-refractivity contribution >= 4 is 29.2 Å². The minimum atomic E-state index is -0.540. The van der Waals surface area contributed by atoms with Crippen molar-refractivity contribution in [2.45, 2.75) is 0 Å². The third-order valence-corrected chi connectivity index (χ3v) is 4.12. The number of anilines is 2. The first kappa shape index (κ1) is 20.6. The van der Waals surface area contributed by atoms with Crippen molar-refractivity contribution in [3.8, 4) is 5.75 Å². The second-order valence-corrected chi connectivity index (χ2v) is 6.22. The molecule has 0 heterocycles. The van der Waals surface area contributed by atoms with Gasteiger partial charge in [-0.05, 0) is 48.5 Å². The smallest absolute Gasteiger partial charge is 0.339 e. The second kappa shape index (κ2) is 9.88. The predicted octanol–water partition coefficient (Wildman–Crippen LogP) is 3.74. The summed E-state index contributed by atoms with van der Waals surface area (Å²) in [7, 11) is 1.28. The maximum Gasteiger partial charge on any atom is 0.339 e. The molecule has 3 aromatic rings. The number of carbonyl (C=O) groups excluding carboxylic acids is 3. The highest BCUT2D eigenvalue weighted by Gasteiger charge is 2.14. The van der Waals surface area contributed by atoms with Crippen LogP contribution in [0.2, 0.25) is 0 Å². The summed E-state index contributed by atoms with van der Waals surface area (Å²) in [5.41, 5.74) is 1.51. The average Bonchev–Trinajstić information content (AvgIpc) is 2.78. The van der Waals surface area contributed by atoms with E-state index in [0.29, 0.717) is 22.7 Å². The number of hydrogen-bond donors (Lipinski definition) is 2. The van der Waals surface area contributed by atoms with Crippen LogP contribution in [0.3, 0.4) is 0 Å². The van der Waals surface area contributed by atoms with Crippen LogP contribution in [-0.4, -0.2) is 31.5 Å². The lowest BCUT2D eigenvalue weighted by molar-refractivity contribution is -0.118. The van der Waals surface area contributed by atoms with Crippen LogP contribution in [0.4, 0.5) is 11.4 Å². The molecule has 0 saturated heterocycles. The van der Waals surface area contributed by atoms with Crippen molar-refractivity contribution < 1.29 is 23.9 Å². The first-order chi connectivity index (χ1) is 14.6. The number of rotatable bonds is 7. The van der Waals surface area contributed by atoms with Crippen LogP contribution in [0.15, 0.2) is 78.9 Å². The fourth-order valence-electron chi connectivity index (χ4n) is 2.64. The van der Waals surface area contributed by atoms with Gasteiger partial charge in [0.25, 0.3) is 11.8 Å². The van der Waals surface area contributed by atoms with Crippen LogP contribution >= 0.6 is 0 Å². The summed E-state index contributed by atoms with van der Waals surface area (Å²) in [6.45, 7) is -0.128. The molecular weight excluding hydrogens is 384 g/mol. The topological polar surface area (TPSA) is 93.7 Å². The lowest BCUT2D eigenvalue weighted by Crippen LogP contribution is -2.20. The molecule has 0 aliphatic heterocycles. The molecule has 152 valence electrons. The first-order valence-electron chi connectivity index (χ1n) is 9.13. The summed E-state index contributed by atoms with van der Waals surface area (Å²) in [6.07, 6.45) is 0. The molecule has 2 amide bonds. The van der Waals surface area contributed by atoms with Gasteiger partial charge in [0.15, 0.2) is 6.61 Å². The van der Waals surface area contributed by atoms with Crippen molar-refractivity contribution in [3.63, 3.8) is 0 Å². The van der Waals surface area contributed by atoms with Gasteiger partial charge in [0.2, 0.25) is 0 Å². The van der Waals surface area contributed by atoms with E-state index < -0.39 is 11.9 Å². The summed E-state index contributed by atoms with van der Waals surface area (Å²) < 4.78 is 10.1. The van der Waals surface area contributed by atoms with Crippen LogP contribution in [0.5, 0.6) is 5.75 Å². The van der Waals surface area contributed by atoms with Gasteiger partial charge in [-0.1, -0.05) is 30.3 Å². The molecule has 0 aliphatic rings. The van der Waals surface area contributed by atoms with Gasteiger partial charge in [-0.25, -0.2) is 4.79 Å². The molecule has 0 spiro atoms. The molecule has 0 fully saturated rings. The molecule has 3 aromatic carbocycles. The number of ether oxygens (including phenoxy) is 2. The third-order valence-electron chi connectivity index (χ3n) is 4.12. The Morgan fingerprint density at radius 2 is 1.47 bits per heavy atom. The van der Waals surface area contributed by atoms with E-state index in [1.54, 1.807) is 60.7 Å². The van der Waals surface area contributed by atoms with E-state index in [9.17, 15) is 14.4 Å². The molecule has 2 N–H and O–H groups in total. The monoisotopic (exact) mass is 404 g/mol. The molecule has 0 bridgehead atoms. The van der Waals surface area contributed by atoms with Gasteiger partial charge in [-0.2, -0.15) is 0 Å². The zero-order chi connectivity index (χ0) is 21.3. The molecule has 0 atom stereocenters. The Labute approximate surface area is 173 Å². The summed E-state index contributed by atoms with van der Waals surface area (Å²) in [4.78, 5) is 36.3. The summed E-state index contributed by atoms with van der Waals surface area (Å²) in [5, 5.41) is 5.40. The van der Waals surface area contributed by atoms with E-state index in [1.807, 2.05) is 18.2 Å². The normalized spacial score (nSPS) is 10.0. The van der Waals surface area contributed by atoms with E-state index >= 15 is 0 Å². The summed E-state index contributed by atoms with van der Waals surface area (Å²) >= 11 is 0. The standard InChI is InChI=1S/C23H20N2O5/c1-29-23(28)19-9-5-6-10-20(19)25-22(27)16-11-13-17(14-12-16)24-21(26)15-30-18-7-3-2-4-8-18/h2-14H,15H2,1H3,(H,24,26)(H,25,27). The maximum atomic E-state index is 12.5. The van der Waals surface area contributed by atoms with Gasteiger partial charge >= 0.3 is 5.97 Å². The van der Waals surface area contributed by atoms with Crippen molar-refractivity contribution in [2.75, 3.05) is 24.4 Å². The van der Waals surface area contributed by atoms with Gasteiger partial charge in [0.05, 0.1) is 18.4 Å². The lowest BCUT2D eigenvalue weighted by Gasteiger charge is -2.10. The molecule has 0 saturated carbocycles. The SMILES string of the molecule is COC(=O)c1ccccc1NC(=O)c1ccc(NC(=O)COc2ccccc2)cc1. The number of carbonyl (C=O) groups is 3. The third kappa shape index (κ3) is 5.45. The van der Waals surface area contributed by atoms with Crippen LogP contribution in [0.1, 0.15) is 20.7 Å². The van der Waals surface area contributed by atoms with Crippen LogP contribution < -0.4 is 15.4 Å². The first-order valence-corrected chi connectivity index (χ1v) is 9.13. The highest BCUT2D eigenvalue weighted by Crippen LogP contribution is 2.18. The number of amides is 2. The Bertz CT molecular complexity index is 1030. The Kier molecular flexibility index (Phi) is 6.78. The van der Waals surface area contributed by atoms with E-state index in [-0.39, 0.29) is 18.1 Å². The molecule has 0 aromatic heterocycles. The van der Waals surface area contributed by atoms with Gasteiger partial charge in [-0.15, -0.1) is 0 Å². The lowest BCUT2D eigenvalue weighted by atomic mass is 10.1. The number of para-hydroxylation sites is 2. The van der Waals surface area contributed by atoms with Gasteiger partial charge in [0.1, 0.15) is 5.75 Å². The van der Waals surface area contributed by atoms with Crippen molar-refractivity contribution in [2.24, 2.45) is 0 Å². The number of methoxy groups -OCH3 is 1. The fourth-order valence-corrected chi connectivity index (χ4v) is 2.64. The molecule has 7 nitrogen and oxygen atoms in total. The van der Waals surface area contributed by atoms with Crippen LogP contribution in [0.25, 0.3) is 0 Å². The van der Waals surface area contributed by atoms with Crippen molar-refractivity contribution in [1.82, 2.24) is 0 Å². The highest BCUT2D eigenvalue weighted by atomic mass is 16.5. The molecular formula is C23H20N2O5. The van der Waals surface area contributed by atoms with Gasteiger partial charge in [0, 0.05) is 11.3 Å². The Morgan fingerprint density at radius 3 is 2.17 bits per heavy atom. The quantitative estimate of drug-likeness (QED) is 0.585. The van der Waals surface area contributed by atoms with Crippen molar-refractivity contribution in [3.05, 3.63) is 90.0 Å². The fraction of sp³-hybridized carbons (Fsp3) is 0.0870. The molecule has 0 aliphatic carbocycles. The van der Waals surface area contributed by atoms with Crippen LogP contribution in [0, 0.1) is 0 Å². The highest BCUT2D eigenvalue weighted by molar-refractivity contribution is 6.08. The number of hydrogen-bond acceptors (Lipinski definition) is 5. The summed E-state index contributed by atoms with van der Waals surface area (Å²) in [5.74, 6) is -0.645. The Hall–Kier alpha value is -4.13. The zero-order valence-corrected chi connectivity index (χ0v) is 16.3. The number of nitrogens with one attached hydrogen (secondary N) is 2. The van der Waals surface area contributed by atoms with Crippen LogP contribution in [-0.2, 0) is 9.53 Å². The number of benzene rings is 3. The summed E-state index contributed by atoms with van der Waals surface area (Å²) in [6, 6.07) is 22.0. The minimum Gasteiger partial charge on any atom is -0.484 e. The second-order valence-electron chi connectivity index (χ2n) is 6.22. The zero-order valence-electron chi connectivity index (χ0n) is 16.3. The average molecular weight is 404 g/mol. The van der Waals surface area contributed by atoms with E-state index in [2.05, 4.69) is 10.6 Å². The van der Waals surface area contributed by atoms with E-state index in [4.69, 9.17) is 9.47 Å².